The number of nitrogens with two attached hydrogens (primary N) is 1. The van der Waals surface area contributed by atoms with E-state index in [2.05, 4.69) is 18.7 Å². The zero-order valence-corrected chi connectivity index (χ0v) is 12.1. The van der Waals surface area contributed by atoms with Gasteiger partial charge in [-0.1, -0.05) is 26.1 Å². The van der Waals surface area contributed by atoms with Gasteiger partial charge in [-0.15, -0.1) is 0 Å². The number of thiocarbonyl (C=S) groups is 1. The highest BCUT2D eigenvalue weighted by Gasteiger charge is 2.12. The number of hydrogen-bond donors (Lipinski definition) is 1. The molecule has 0 aliphatic carbocycles. The van der Waals surface area contributed by atoms with E-state index in [4.69, 9.17) is 18.0 Å². The van der Waals surface area contributed by atoms with Crippen LogP contribution in [-0.2, 0) is 4.79 Å². The SMILES string of the molecule is CCN(CC)CCCN(CC)C(=O)CC(N)=S. The van der Waals surface area contributed by atoms with Crippen molar-refractivity contribution in [1.29, 1.82) is 0 Å². The van der Waals surface area contributed by atoms with E-state index >= 15 is 0 Å². The van der Waals surface area contributed by atoms with Crippen molar-refractivity contribution in [3.05, 3.63) is 0 Å². The fraction of sp³-hybridized carbons (Fsp3) is 0.833. The van der Waals surface area contributed by atoms with Crippen molar-refractivity contribution in [1.82, 2.24) is 9.80 Å². The molecule has 5 heteroatoms. The number of hydrogen-bond acceptors (Lipinski definition) is 3. The molecule has 2 N–H and O–H groups in total. The van der Waals surface area contributed by atoms with Crippen LogP contribution in [0.5, 0.6) is 0 Å². The van der Waals surface area contributed by atoms with Crippen LogP contribution in [0.15, 0.2) is 0 Å². The predicted octanol–water partition coefficient (Wildman–Crippen LogP) is 1.24. The third-order valence-corrected chi connectivity index (χ3v) is 3.00. The van der Waals surface area contributed by atoms with E-state index < -0.39 is 0 Å². The second kappa shape index (κ2) is 9.36. The molecular formula is C12H25N3OS. The summed E-state index contributed by atoms with van der Waals surface area (Å²) in [5.74, 6) is 0.0412. The Hall–Kier alpha value is -0.680. The Kier molecular flexibility index (Phi) is 8.99. The molecule has 0 saturated heterocycles. The van der Waals surface area contributed by atoms with Crippen LogP contribution in [0.25, 0.3) is 0 Å². The minimum atomic E-state index is 0.0412. The molecule has 0 rings (SSSR count). The van der Waals surface area contributed by atoms with E-state index in [1.165, 1.54) is 0 Å². The van der Waals surface area contributed by atoms with Gasteiger partial charge in [0, 0.05) is 13.1 Å². The number of carbonyl (C=O) groups excluding carboxylic acids is 1. The van der Waals surface area contributed by atoms with Crippen molar-refractivity contribution >= 4 is 23.1 Å². The van der Waals surface area contributed by atoms with Crippen molar-refractivity contribution in [3.8, 4) is 0 Å². The van der Waals surface area contributed by atoms with Crippen LogP contribution in [0.3, 0.4) is 0 Å². The number of nitrogens with zero attached hydrogens (tertiary/aromatic N) is 2. The van der Waals surface area contributed by atoms with Crippen molar-refractivity contribution in [2.45, 2.75) is 33.6 Å². The van der Waals surface area contributed by atoms with Crippen LogP contribution in [-0.4, -0.2) is 53.4 Å². The van der Waals surface area contributed by atoms with Gasteiger partial charge in [0.25, 0.3) is 0 Å². The van der Waals surface area contributed by atoms with Crippen molar-refractivity contribution in [2.24, 2.45) is 5.73 Å². The molecule has 0 fully saturated rings. The Labute approximate surface area is 110 Å². The van der Waals surface area contributed by atoms with Gasteiger partial charge in [0.15, 0.2) is 0 Å². The average molecular weight is 259 g/mol. The van der Waals surface area contributed by atoms with Crippen LogP contribution in [0.2, 0.25) is 0 Å². The fourth-order valence-electron chi connectivity index (χ4n) is 1.75. The van der Waals surface area contributed by atoms with Crippen LogP contribution in [0.1, 0.15) is 33.6 Å². The number of rotatable bonds is 9. The van der Waals surface area contributed by atoms with Crippen LogP contribution < -0.4 is 5.73 Å². The average Bonchev–Trinajstić information content (AvgIpc) is 2.28. The Bertz CT molecular complexity index is 242. The molecule has 100 valence electrons. The van der Waals surface area contributed by atoms with Gasteiger partial charge in [0.05, 0.1) is 11.4 Å². The molecule has 0 aliphatic heterocycles. The van der Waals surface area contributed by atoms with Gasteiger partial charge in [-0.25, -0.2) is 0 Å². The van der Waals surface area contributed by atoms with Gasteiger partial charge >= 0.3 is 0 Å². The van der Waals surface area contributed by atoms with Crippen LogP contribution >= 0.6 is 12.2 Å². The summed E-state index contributed by atoms with van der Waals surface area (Å²) in [6.45, 7) is 10.9. The third kappa shape index (κ3) is 7.28. The molecule has 0 unspecified atom stereocenters. The Morgan fingerprint density at radius 1 is 1.12 bits per heavy atom. The molecule has 4 nitrogen and oxygen atoms in total. The molecule has 1 amide bonds. The molecule has 0 aromatic carbocycles. The first-order chi connectivity index (χ1) is 8.04. The minimum Gasteiger partial charge on any atom is -0.393 e. The standard InChI is InChI=1S/C12H25N3OS/c1-4-14(5-2)8-7-9-15(6-3)12(16)10-11(13)17/h4-10H2,1-3H3,(H2,13,17). The first kappa shape index (κ1) is 16.3. The first-order valence-electron chi connectivity index (χ1n) is 6.33. The summed E-state index contributed by atoms with van der Waals surface area (Å²) in [6, 6.07) is 0. The molecule has 0 bridgehead atoms. The summed E-state index contributed by atoms with van der Waals surface area (Å²) in [5, 5.41) is 0. The zero-order chi connectivity index (χ0) is 13.3. The molecule has 0 saturated carbocycles. The molecule has 0 spiro atoms. The molecular weight excluding hydrogens is 234 g/mol. The van der Waals surface area contributed by atoms with E-state index in [9.17, 15) is 4.79 Å². The molecule has 0 aliphatic rings. The second-order valence-electron chi connectivity index (χ2n) is 4.00. The van der Waals surface area contributed by atoms with E-state index in [1.807, 2.05) is 11.8 Å². The number of amides is 1. The summed E-state index contributed by atoms with van der Waals surface area (Å²) >= 11 is 4.75. The summed E-state index contributed by atoms with van der Waals surface area (Å²) < 4.78 is 0. The Balaban J connectivity index is 3.97. The van der Waals surface area contributed by atoms with Crippen LogP contribution in [0, 0.1) is 0 Å². The fourth-order valence-corrected chi connectivity index (χ4v) is 1.87. The smallest absolute Gasteiger partial charge is 0.229 e. The quantitative estimate of drug-likeness (QED) is 0.633. The summed E-state index contributed by atoms with van der Waals surface area (Å²) in [5.41, 5.74) is 5.38. The van der Waals surface area contributed by atoms with Gasteiger partial charge in [-0.3, -0.25) is 4.79 Å². The molecule has 17 heavy (non-hydrogen) atoms. The zero-order valence-electron chi connectivity index (χ0n) is 11.2. The lowest BCUT2D eigenvalue weighted by Crippen LogP contribution is -2.36. The largest absolute Gasteiger partial charge is 0.393 e. The van der Waals surface area contributed by atoms with Crippen molar-refractivity contribution in [3.63, 3.8) is 0 Å². The van der Waals surface area contributed by atoms with Crippen LogP contribution in [0.4, 0.5) is 0 Å². The summed E-state index contributed by atoms with van der Waals surface area (Å²) in [4.78, 5) is 16.2. The van der Waals surface area contributed by atoms with Gasteiger partial charge in [0.2, 0.25) is 5.91 Å². The number of carbonyl (C=O) groups is 1. The van der Waals surface area contributed by atoms with Gasteiger partial charge in [0.1, 0.15) is 0 Å². The van der Waals surface area contributed by atoms with E-state index in [1.54, 1.807) is 0 Å². The highest BCUT2D eigenvalue weighted by Crippen LogP contribution is 1.99. The maximum atomic E-state index is 11.7. The third-order valence-electron chi connectivity index (χ3n) is 2.86. The minimum absolute atomic E-state index is 0.0412. The lowest BCUT2D eigenvalue weighted by molar-refractivity contribution is -0.129. The highest BCUT2D eigenvalue weighted by atomic mass is 32.1. The maximum absolute atomic E-state index is 11.7. The van der Waals surface area contributed by atoms with E-state index in [0.29, 0.717) is 0 Å². The first-order valence-corrected chi connectivity index (χ1v) is 6.74. The highest BCUT2D eigenvalue weighted by molar-refractivity contribution is 7.80. The second-order valence-corrected chi connectivity index (χ2v) is 4.52. The predicted molar refractivity (Wildman–Crippen MR) is 76.1 cm³/mol. The lowest BCUT2D eigenvalue weighted by atomic mass is 10.3. The van der Waals surface area contributed by atoms with Gasteiger partial charge in [-0.2, -0.15) is 0 Å². The Morgan fingerprint density at radius 2 is 1.71 bits per heavy atom. The molecule has 0 radical (unpaired) electrons. The van der Waals surface area contributed by atoms with Gasteiger partial charge < -0.3 is 15.5 Å². The van der Waals surface area contributed by atoms with Crippen molar-refractivity contribution < 1.29 is 4.79 Å². The summed E-state index contributed by atoms with van der Waals surface area (Å²) in [7, 11) is 0. The molecule has 0 aromatic heterocycles. The Morgan fingerprint density at radius 3 is 2.12 bits per heavy atom. The maximum Gasteiger partial charge on any atom is 0.229 e. The van der Waals surface area contributed by atoms with Gasteiger partial charge in [-0.05, 0) is 33.0 Å². The normalized spacial score (nSPS) is 10.6. The lowest BCUT2D eigenvalue weighted by Gasteiger charge is -2.23. The summed E-state index contributed by atoms with van der Waals surface area (Å²) in [6.07, 6.45) is 1.19. The molecule has 0 heterocycles. The molecule has 0 aromatic rings. The topological polar surface area (TPSA) is 49.6 Å². The van der Waals surface area contributed by atoms with Crippen molar-refractivity contribution in [2.75, 3.05) is 32.7 Å². The van der Waals surface area contributed by atoms with E-state index in [-0.39, 0.29) is 17.3 Å². The van der Waals surface area contributed by atoms with E-state index in [0.717, 1.165) is 39.1 Å². The molecule has 0 atom stereocenters. The monoisotopic (exact) mass is 259 g/mol.